The van der Waals surface area contributed by atoms with Gasteiger partial charge in [-0.15, -0.1) is 0 Å². The lowest BCUT2D eigenvalue weighted by Crippen LogP contribution is -2.37. The Bertz CT molecular complexity index is 1030. The van der Waals surface area contributed by atoms with Gasteiger partial charge in [-0.2, -0.15) is 0 Å². The van der Waals surface area contributed by atoms with E-state index in [4.69, 9.17) is 14.5 Å². The van der Waals surface area contributed by atoms with Crippen molar-refractivity contribution in [3.8, 4) is 5.75 Å². The van der Waals surface area contributed by atoms with Crippen LogP contribution in [0.3, 0.4) is 0 Å². The van der Waals surface area contributed by atoms with E-state index < -0.39 is 0 Å². The number of aryl methyl sites for hydroxylation is 1. The summed E-state index contributed by atoms with van der Waals surface area (Å²) in [7, 11) is 0. The molecule has 2 aromatic carbocycles. The SMILES string of the molecule is CCCCOc1cccc(C(=O)N(CC2CCCO2)c2nc3ccc(CC)cc3s2)c1. The number of benzene rings is 2. The fraction of sp³-hybridized carbons (Fsp3) is 0.440. The summed E-state index contributed by atoms with van der Waals surface area (Å²) < 4.78 is 12.8. The molecule has 31 heavy (non-hydrogen) atoms. The first-order valence-electron chi connectivity index (χ1n) is 11.2. The number of aromatic nitrogens is 1. The zero-order valence-electron chi connectivity index (χ0n) is 18.3. The summed E-state index contributed by atoms with van der Waals surface area (Å²) in [6.45, 7) is 6.21. The summed E-state index contributed by atoms with van der Waals surface area (Å²) >= 11 is 1.57. The van der Waals surface area contributed by atoms with Gasteiger partial charge < -0.3 is 9.47 Å². The number of unbranched alkanes of at least 4 members (excludes halogenated alkanes) is 1. The molecule has 0 aliphatic carbocycles. The van der Waals surface area contributed by atoms with E-state index in [2.05, 4.69) is 26.0 Å². The third-order valence-electron chi connectivity index (χ3n) is 5.58. The highest BCUT2D eigenvalue weighted by molar-refractivity contribution is 7.22. The lowest BCUT2D eigenvalue weighted by molar-refractivity contribution is 0.0917. The second-order valence-corrected chi connectivity index (χ2v) is 8.94. The number of carbonyl (C=O) groups is 1. The molecule has 1 fully saturated rings. The Balaban J connectivity index is 1.63. The van der Waals surface area contributed by atoms with Crippen molar-refractivity contribution in [2.75, 3.05) is 24.7 Å². The van der Waals surface area contributed by atoms with E-state index in [1.54, 1.807) is 16.2 Å². The fourth-order valence-electron chi connectivity index (χ4n) is 3.74. The molecule has 164 valence electrons. The van der Waals surface area contributed by atoms with Crippen LogP contribution in [0.2, 0.25) is 0 Å². The molecule has 0 radical (unpaired) electrons. The lowest BCUT2D eigenvalue weighted by atomic mass is 10.1. The van der Waals surface area contributed by atoms with Gasteiger partial charge in [-0.25, -0.2) is 4.98 Å². The van der Waals surface area contributed by atoms with Crippen LogP contribution in [-0.4, -0.2) is 36.8 Å². The van der Waals surface area contributed by atoms with Gasteiger partial charge in [0.05, 0.1) is 29.5 Å². The largest absolute Gasteiger partial charge is 0.494 e. The Morgan fingerprint density at radius 3 is 2.94 bits per heavy atom. The van der Waals surface area contributed by atoms with Gasteiger partial charge in [0, 0.05) is 12.2 Å². The minimum Gasteiger partial charge on any atom is -0.494 e. The maximum absolute atomic E-state index is 13.6. The zero-order valence-corrected chi connectivity index (χ0v) is 19.1. The number of ether oxygens (including phenoxy) is 2. The van der Waals surface area contributed by atoms with Crippen LogP contribution in [0.15, 0.2) is 42.5 Å². The van der Waals surface area contributed by atoms with E-state index in [0.29, 0.717) is 18.7 Å². The second kappa shape index (κ2) is 10.2. The quantitative estimate of drug-likeness (QED) is 0.393. The number of carbonyl (C=O) groups excluding carboxylic acids is 1. The van der Waals surface area contributed by atoms with E-state index in [1.165, 1.54) is 5.56 Å². The summed E-state index contributed by atoms with van der Waals surface area (Å²) in [5.74, 6) is 0.666. The first-order chi connectivity index (χ1) is 15.2. The van der Waals surface area contributed by atoms with E-state index in [-0.39, 0.29) is 12.0 Å². The first-order valence-corrected chi connectivity index (χ1v) is 12.1. The van der Waals surface area contributed by atoms with Crippen LogP contribution in [0.25, 0.3) is 10.2 Å². The van der Waals surface area contributed by atoms with Crippen LogP contribution in [-0.2, 0) is 11.2 Å². The Morgan fingerprint density at radius 2 is 2.16 bits per heavy atom. The Kier molecular flexibility index (Phi) is 7.20. The number of hydrogen-bond donors (Lipinski definition) is 0. The minimum absolute atomic E-state index is 0.0474. The maximum Gasteiger partial charge on any atom is 0.260 e. The number of anilines is 1. The molecule has 1 saturated heterocycles. The normalized spacial score (nSPS) is 16.0. The van der Waals surface area contributed by atoms with Crippen molar-refractivity contribution in [3.63, 3.8) is 0 Å². The van der Waals surface area contributed by atoms with Gasteiger partial charge in [0.25, 0.3) is 5.91 Å². The Morgan fingerprint density at radius 1 is 1.26 bits per heavy atom. The number of fused-ring (bicyclic) bond motifs is 1. The first kappa shape index (κ1) is 21.8. The number of nitrogens with zero attached hydrogens (tertiary/aromatic N) is 2. The standard InChI is InChI=1S/C25H30N2O3S/c1-3-5-13-29-20-9-6-8-19(16-20)24(28)27(17-21-10-7-14-30-21)25-26-22-12-11-18(4-2)15-23(22)31-25/h6,8-9,11-12,15-16,21H,3-5,7,10,13-14,17H2,1-2H3. The second-order valence-electron chi connectivity index (χ2n) is 7.93. The highest BCUT2D eigenvalue weighted by Crippen LogP contribution is 2.32. The molecule has 1 amide bonds. The van der Waals surface area contributed by atoms with Gasteiger partial charge >= 0.3 is 0 Å². The smallest absolute Gasteiger partial charge is 0.260 e. The number of rotatable bonds is 9. The van der Waals surface area contributed by atoms with Crippen molar-refractivity contribution in [2.45, 2.75) is 52.1 Å². The van der Waals surface area contributed by atoms with E-state index >= 15 is 0 Å². The van der Waals surface area contributed by atoms with Gasteiger partial charge in [-0.3, -0.25) is 9.69 Å². The van der Waals surface area contributed by atoms with Crippen molar-refractivity contribution in [1.82, 2.24) is 4.98 Å². The van der Waals surface area contributed by atoms with Crippen LogP contribution in [0.4, 0.5) is 5.13 Å². The van der Waals surface area contributed by atoms with Crippen molar-refractivity contribution in [2.24, 2.45) is 0 Å². The maximum atomic E-state index is 13.6. The summed E-state index contributed by atoms with van der Waals surface area (Å²) in [6.07, 6.45) is 5.10. The number of thiazole rings is 1. The third-order valence-corrected chi connectivity index (χ3v) is 6.62. The molecular formula is C25H30N2O3S. The van der Waals surface area contributed by atoms with Crippen LogP contribution < -0.4 is 9.64 Å². The molecule has 1 aliphatic heterocycles. The van der Waals surface area contributed by atoms with Crippen molar-refractivity contribution < 1.29 is 14.3 Å². The van der Waals surface area contributed by atoms with Gasteiger partial charge in [-0.05, 0) is 61.6 Å². The van der Waals surface area contributed by atoms with E-state index in [1.807, 2.05) is 30.3 Å². The average Bonchev–Trinajstić information content (AvgIpc) is 3.46. The zero-order chi connectivity index (χ0) is 21.6. The third kappa shape index (κ3) is 5.25. The van der Waals surface area contributed by atoms with Crippen LogP contribution in [0.1, 0.15) is 55.5 Å². The molecule has 0 saturated carbocycles. The number of amides is 1. The van der Waals surface area contributed by atoms with Gasteiger partial charge in [0.2, 0.25) is 0 Å². The molecule has 1 aliphatic rings. The molecule has 4 rings (SSSR count). The number of hydrogen-bond acceptors (Lipinski definition) is 5. The summed E-state index contributed by atoms with van der Waals surface area (Å²) in [4.78, 5) is 20.2. The average molecular weight is 439 g/mol. The molecule has 5 nitrogen and oxygen atoms in total. The predicted octanol–water partition coefficient (Wildman–Crippen LogP) is 5.86. The molecule has 1 atom stereocenters. The highest BCUT2D eigenvalue weighted by atomic mass is 32.1. The molecule has 1 unspecified atom stereocenters. The Hall–Kier alpha value is -2.44. The molecule has 0 N–H and O–H groups in total. The molecule has 6 heteroatoms. The molecule has 2 heterocycles. The van der Waals surface area contributed by atoms with E-state index in [0.717, 1.165) is 59.8 Å². The summed E-state index contributed by atoms with van der Waals surface area (Å²) in [5.41, 5.74) is 2.82. The summed E-state index contributed by atoms with van der Waals surface area (Å²) in [5, 5.41) is 0.723. The molecule has 1 aromatic heterocycles. The van der Waals surface area contributed by atoms with Crippen LogP contribution >= 0.6 is 11.3 Å². The topological polar surface area (TPSA) is 51.7 Å². The van der Waals surface area contributed by atoms with Gasteiger partial charge in [0.1, 0.15) is 5.75 Å². The van der Waals surface area contributed by atoms with Crippen molar-refractivity contribution >= 4 is 32.6 Å². The molecular weight excluding hydrogens is 408 g/mol. The monoisotopic (exact) mass is 438 g/mol. The van der Waals surface area contributed by atoms with Gasteiger partial charge in [0.15, 0.2) is 5.13 Å². The van der Waals surface area contributed by atoms with Gasteiger partial charge in [-0.1, -0.05) is 43.7 Å². The Labute approximate surface area is 188 Å². The van der Waals surface area contributed by atoms with Crippen molar-refractivity contribution in [1.29, 1.82) is 0 Å². The molecule has 3 aromatic rings. The van der Waals surface area contributed by atoms with E-state index in [9.17, 15) is 4.79 Å². The molecule has 0 bridgehead atoms. The van der Waals surface area contributed by atoms with Crippen LogP contribution in [0, 0.1) is 0 Å². The lowest BCUT2D eigenvalue weighted by Gasteiger charge is -2.23. The van der Waals surface area contributed by atoms with Crippen LogP contribution in [0.5, 0.6) is 5.75 Å². The summed E-state index contributed by atoms with van der Waals surface area (Å²) in [6, 6.07) is 13.8. The minimum atomic E-state index is -0.0637. The molecule has 0 spiro atoms. The predicted molar refractivity (Wildman–Crippen MR) is 126 cm³/mol. The van der Waals surface area contributed by atoms with Crippen molar-refractivity contribution in [3.05, 3.63) is 53.6 Å². The highest BCUT2D eigenvalue weighted by Gasteiger charge is 2.27. The fourth-order valence-corrected chi connectivity index (χ4v) is 4.78.